The van der Waals surface area contributed by atoms with Gasteiger partial charge in [-0.25, -0.2) is 0 Å². The van der Waals surface area contributed by atoms with Crippen LogP contribution in [0.25, 0.3) is 0 Å². The normalized spacial score (nSPS) is 21.1. The number of nitrogens with one attached hydrogen (secondary N) is 2. The van der Waals surface area contributed by atoms with E-state index >= 15 is 0 Å². The summed E-state index contributed by atoms with van der Waals surface area (Å²) in [5, 5.41) is 18.2. The molecule has 0 aromatic heterocycles. The van der Waals surface area contributed by atoms with E-state index in [0.717, 1.165) is 37.9 Å². The number of hydrogen-bond acceptors (Lipinski definition) is 3. The molecule has 3 N–H and O–H groups in total. The van der Waals surface area contributed by atoms with E-state index in [1.54, 1.807) is 0 Å². The van der Waals surface area contributed by atoms with E-state index in [1.807, 2.05) is 24.3 Å². The molecule has 0 spiro atoms. The van der Waals surface area contributed by atoms with E-state index in [1.165, 1.54) is 6.92 Å². The molecule has 0 radical (unpaired) electrons. The lowest BCUT2D eigenvalue weighted by Gasteiger charge is -2.39. The van der Waals surface area contributed by atoms with Crippen LogP contribution in [0.5, 0.6) is 0 Å². The van der Waals surface area contributed by atoms with Crippen molar-refractivity contribution in [1.29, 1.82) is 0 Å². The molecule has 1 aliphatic heterocycles. The van der Waals surface area contributed by atoms with Crippen molar-refractivity contribution in [3.8, 4) is 0 Å². The van der Waals surface area contributed by atoms with Gasteiger partial charge in [-0.2, -0.15) is 0 Å². The van der Waals surface area contributed by atoms with E-state index in [4.69, 9.17) is 11.6 Å². The van der Waals surface area contributed by atoms with Crippen LogP contribution in [0.2, 0.25) is 5.02 Å². The summed E-state index contributed by atoms with van der Waals surface area (Å²) in [6.07, 6.45) is 3.41. The van der Waals surface area contributed by atoms with Crippen LogP contribution >= 0.6 is 11.6 Å². The molecule has 0 aliphatic carbocycles. The number of benzene rings is 1. The van der Waals surface area contributed by atoms with E-state index in [-0.39, 0.29) is 11.8 Å². The Balaban J connectivity index is 2.13. The highest BCUT2D eigenvalue weighted by atomic mass is 35.5. The summed E-state index contributed by atoms with van der Waals surface area (Å²) in [7, 11) is 0. The van der Waals surface area contributed by atoms with Gasteiger partial charge in [-0.1, -0.05) is 23.7 Å². The standard InChI is InChI=1S/C17H25ClN2O2/c1-13(21)20-10-4-8-17(22,15-6-3-9-19-12-15)14-5-2-7-16(18)11-14/h2,5,7,11,15,19,22H,3-4,6,8-10,12H2,1H3,(H,20,21)/t15-,17?/m1/s1. The number of aliphatic hydroxyl groups is 1. The first-order chi connectivity index (χ1) is 10.5. The molecule has 1 heterocycles. The average molecular weight is 325 g/mol. The van der Waals surface area contributed by atoms with Crippen molar-refractivity contribution in [3.05, 3.63) is 34.9 Å². The average Bonchev–Trinajstić information content (AvgIpc) is 2.52. The second-order valence-electron chi connectivity index (χ2n) is 6.06. The van der Waals surface area contributed by atoms with Crippen molar-refractivity contribution in [2.45, 2.75) is 38.2 Å². The Morgan fingerprint density at radius 2 is 2.36 bits per heavy atom. The van der Waals surface area contributed by atoms with Gasteiger partial charge in [-0.15, -0.1) is 0 Å². The summed E-state index contributed by atoms with van der Waals surface area (Å²) in [5.41, 5.74) is -0.0342. The van der Waals surface area contributed by atoms with E-state index < -0.39 is 5.60 Å². The third-order valence-corrected chi connectivity index (χ3v) is 4.64. The first-order valence-corrected chi connectivity index (χ1v) is 8.34. The van der Waals surface area contributed by atoms with Crippen LogP contribution < -0.4 is 10.6 Å². The number of carbonyl (C=O) groups excluding carboxylic acids is 1. The molecule has 1 aromatic rings. The minimum absolute atomic E-state index is 0.0365. The minimum Gasteiger partial charge on any atom is -0.385 e. The fraction of sp³-hybridized carbons (Fsp3) is 0.588. The smallest absolute Gasteiger partial charge is 0.216 e. The molecule has 1 unspecified atom stereocenters. The Hall–Kier alpha value is -1.10. The highest BCUT2D eigenvalue weighted by Gasteiger charge is 2.38. The molecular formula is C17H25ClN2O2. The SMILES string of the molecule is CC(=O)NCCCC(O)(c1cccc(Cl)c1)[C@@H]1CCCNC1. The second-order valence-corrected chi connectivity index (χ2v) is 6.50. The molecule has 1 saturated heterocycles. The van der Waals surface area contributed by atoms with E-state index in [0.29, 0.717) is 18.0 Å². The second kappa shape index (κ2) is 7.95. The molecule has 5 heteroatoms. The predicted octanol–water partition coefficient (Wildman–Crippen LogP) is 2.44. The molecule has 122 valence electrons. The summed E-state index contributed by atoms with van der Waals surface area (Å²) in [6.45, 7) is 3.91. The van der Waals surface area contributed by atoms with Gasteiger partial charge in [0.15, 0.2) is 0 Å². The van der Waals surface area contributed by atoms with E-state index in [2.05, 4.69) is 10.6 Å². The Kier molecular flexibility index (Phi) is 6.24. The van der Waals surface area contributed by atoms with Crippen LogP contribution in [0.1, 0.15) is 38.2 Å². The van der Waals surface area contributed by atoms with Crippen LogP contribution in [-0.2, 0) is 10.4 Å². The molecule has 1 amide bonds. The maximum Gasteiger partial charge on any atom is 0.216 e. The number of piperidine rings is 1. The van der Waals surface area contributed by atoms with Crippen molar-refractivity contribution in [1.82, 2.24) is 10.6 Å². The number of halogens is 1. The van der Waals surface area contributed by atoms with Gasteiger partial charge in [0.25, 0.3) is 0 Å². The van der Waals surface area contributed by atoms with E-state index in [9.17, 15) is 9.90 Å². The summed E-state index contributed by atoms with van der Waals surface area (Å²) >= 11 is 6.11. The lowest BCUT2D eigenvalue weighted by atomic mass is 9.74. The van der Waals surface area contributed by atoms with Crippen LogP contribution in [0.15, 0.2) is 24.3 Å². The summed E-state index contributed by atoms with van der Waals surface area (Å²) in [4.78, 5) is 11.0. The van der Waals surface area contributed by atoms with Gasteiger partial charge in [0.05, 0.1) is 5.60 Å². The van der Waals surface area contributed by atoms with Crippen molar-refractivity contribution >= 4 is 17.5 Å². The molecule has 22 heavy (non-hydrogen) atoms. The third-order valence-electron chi connectivity index (χ3n) is 4.41. The molecule has 1 fully saturated rings. The van der Waals surface area contributed by atoms with Crippen molar-refractivity contribution < 1.29 is 9.90 Å². The molecule has 4 nitrogen and oxygen atoms in total. The zero-order valence-electron chi connectivity index (χ0n) is 13.1. The number of amides is 1. The van der Waals surface area contributed by atoms with Crippen LogP contribution in [0.4, 0.5) is 0 Å². The van der Waals surface area contributed by atoms with Gasteiger partial charge in [0, 0.05) is 31.0 Å². The zero-order chi connectivity index (χ0) is 16.0. The first kappa shape index (κ1) is 17.3. The molecule has 1 aromatic carbocycles. The largest absolute Gasteiger partial charge is 0.385 e. The Morgan fingerprint density at radius 1 is 1.55 bits per heavy atom. The lowest BCUT2D eigenvalue weighted by molar-refractivity contribution is -0.119. The molecule has 2 atom stereocenters. The maximum atomic E-state index is 11.4. The summed E-state index contributed by atoms with van der Waals surface area (Å²) in [5.74, 6) is 0.127. The molecule has 1 aliphatic rings. The topological polar surface area (TPSA) is 61.4 Å². The Bertz CT molecular complexity index is 503. The Labute approximate surface area is 137 Å². The van der Waals surface area contributed by atoms with Gasteiger partial charge >= 0.3 is 0 Å². The van der Waals surface area contributed by atoms with Crippen LogP contribution in [0.3, 0.4) is 0 Å². The van der Waals surface area contributed by atoms with Crippen LogP contribution in [-0.4, -0.2) is 30.6 Å². The van der Waals surface area contributed by atoms with Gasteiger partial charge < -0.3 is 15.7 Å². The number of rotatable bonds is 6. The maximum absolute atomic E-state index is 11.4. The fourth-order valence-electron chi connectivity index (χ4n) is 3.22. The van der Waals surface area contributed by atoms with Crippen molar-refractivity contribution in [3.63, 3.8) is 0 Å². The number of hydrogen-bond donors (Lipinski definition) is 3. The summed E-state index contributed by atoms with van der Waals surface area (Å²) < 4.78 is 0. The molecule has 0 bridgehead atoms. The third kappa shape index (κ3) is 4.45. The predicted molar refractivity (Wildman–Crippen MR) is 88.9 cm³/mol. The first-order valence-electron chi connectivity index (χ1n) is 7.96. The monoisotopic (exact) mass is 324 g/mol. The molecule has 0 saturated carbocycles. The molecule has 2 rings (SSSR count). The van der Waals surface area contributed by atoms with Gasteiger partial charge in [-0.3, -0.25) is 4.79 Å². The minimum atomic E-state index is -0.906. The highest BCUT2D eigenvalue weighted by Crippen LogP contribution is 2.38. The van der Waals surface area contributed by atoms with Gasteiger partial charge in [0.1, 0.15) is 0 Å². The van der Waals surface area contributed by atoms with Gasteiger partial charge in [-0.05, 0) is 49.9 Å². The summed E-state index contributed by atoms with van der Waals surface area (Å²) in [6, 6.07) is 7.50. The van der Waals surface area contributed by atoms with Crippen molar-refractivity contribution in [2.75, 3.05) is 19.6 Å². The highest BCUT2D eigenvalue weighted by molar-refractivity contribution is 6.30. The Morgan fingerprint density at radius 3 is 3.00 bits per heavy atom. The van der Waals surface area contributed by atoms with Gasteiger partial charge in [0.2, 0.25) is 5.91 Å². The zero-order valence-corrected chi connectivity index (χ0v) is 13.8. The number of carbonyl (C=O) groups is 1. The fourth-order valence-corrected chi connectivity index (χ4v) is 3.41. The quantitative estimate of drug-likeness (QED) is 0.704. The molecular weight excluding hydrogens is 300 g/mol. The van der Waals surface area contributed by atoms with Crippen molar-refractivity contribution in [2.24, 2.45) is 5.92 Å². The van der Waals surface area contributed by atoms with Crippen LogP contribution in [0, 0.1) is 5.92 Å². The lowest BCUT2D eigenvalue weighted by Crippen LogP contribution is -2.44.